The summed E-state index contributed by atoms with van der Waals surface area (Å²) >= 11 is 0. The van der Waals surface area contributed by atoms with Gasteiger partial charge in [0.25, 0.3) is 0 Å². The number of amides is 2. The Balaban J connectivity index is 4.43. The van der Waals surface area contributed by atoms with Crippen molar-refractivity contribution in [3.8, 4) is 0 Å². The van der Waals surface area contributed by atoms with E-state index in [1.54, 1.807) is 0 Å². The highest BCUT2D eigenvalue weighted by molar-refractivity contribution is 5.87. The highest BCUT2D eigenvalue weighted by Gasteiger charge is 2.24. The molecule has 0 aliphatic rings. The van der Waals surface area contributed by atoms with Gasteiger partial charge in [-0.15, -0.1) is 0 Å². The molecule has 0 aliphatic heterocycles. The van der Waals surface area contributed by atoms with Gasteiger partial charge in [0.05, 0.1) is 12.6 Å². The molecule has 2 atom stereocenters. The fraction of sp³-hybridized carbons (Fsp3) is 0.818. The lowest BCUT2D eigenvalue weighted by atomic mass is 10.0. The zero-order valence-corrected chi connectivity index (χ0v) is 10.4. The van der Waals surface area contributed by atoms with Crippen molar-refractivity contribution in [3.05, 3.63) is 0 Å². The summed E-state index contributed by atoms with van der Waals surface area (Å²) in [6, 6.07) is -0.791. The molecule has 0 saturated carbocycles. The molecule has 0 spiro atoms. The second-order valence-electron chi connectivity index (χ2n) is 4.22. The smallest absolute Gasteiger partial charge is 0.243 e. The third-order valence-corrected chi connectivity index (χ3v) is 2.37. The van der Waals surface area contributed by atoms with E-state index in [1.807, 2.05) is 20.8 Å². The molecule has 5 heteroatoms. The van der Waals surface area contributed by atoms with Crippen molar-refractivity contribution in [1.82, 2.24) is 10.6 Å². The molecule has 0 aliphatic carbocycles. The Morgan fingerprint density at radius 2 is 1.81 bits per heavy atom. The number of nitrogens with one attached hydrogen (secondary N) is 2. The molecule has 0 saturated heterocycles. The van der Waals surface area contributed by atoms with E-state index >= 15 is 0 Å². The molecule has 0 fully saturated rings. The van der Waals surface area contributed by atoms with Crippen molar-refractivity contribution in [2.45, 2.75) is 46.2 Å². The van der Waals surface area contributed by atoms with Gasteiger partial charge in [0.15, 0.2) is 0 Å². The van der Waals surface area contributed by atoms with E-state index in [0.29, 0.717) is 6.42 Å². The van der Waals surface area contributed by atoms with Crippen LogP contribution in [0.2, 0.25) is 0 Å². The maximum Gasteiger partial charge on any atom is 0.243 e. The molecule has 0 rings (SSSR count). The lowest BCUT2D eigenvalue weighted by molar-refractivity contribution is -0.129. The molecule has 5 nitrogen and oxygen atoms in total. The van der Waals surface area contributed by atoms with Gasteiger partial charge in [0, 0.05) is 6.92 Å². The predicted octanol–water partition coefficient (Wildman–Crippen LogP) is 0.0342. The van der Waals surface area contributed by atoms with Crippen molar-refractivity contribution < 1.29 is 14.7 Å². The lowest BCUT2D eigenvalue weighted by Crippen LogP contribution is -2.52. The quantitative estimate of drug-likeness (QED) is 0.602. The van der Waals surface area contributed by atoms with Gasteiger partial charge in [-0.05, 0) is 12.3 Å². The molecule has 16 heavy (non-hydrogen) atoms. The average molecular weight is 230 g/mol. The molecule has 2 amide bonds. The number of carbonyl (C=O) groups excluding carboxylic acids is 2. The Morgan fingerprint density at radius 1 is 1.25 bits per heavy atom. The summed E-state index contributed by atoms with van der Waals surface area (Å²) < 4.78 is 0. The van der Waals surface area contributed by atoms with E-state index < -0.39 is 6.04 Å². The summed E-state index contributed by atoms with van der Waals surface area (Å²) in [6.07, 6.45) is 0.660. The topological polar surface area (TPSA) is 78.4 Å². The van der Waals surface area contributed by atoms with Crippen LogP contribution in [0, 0.1) is 5.92 Å². The van der Waals surface area contributed by atoms with Crippen LogP contribution in [-0.2, 0) is 9.59 Å². The van der Waals surface area contributed by atoms with Crippen LogP contribution in [0.5, 0.6) is 0 Å². The van der Waals surface area contributed by atoms with Crippen LogP contribution < -0.4 is 10.6 Å². The summed E-state index contributed by atoms with van der Waals surface area (Å²) in [5.74, 6) is -0.461. The summed E-state index contributed by atoms with van der Waals surface area (Å²) in [6.45, 7) is 6.89. The zero-order valence-electron chi connectivity index (χ0n) is 10.4. The van der Waals surface area contributed by atoms with Gasteiger partial charge in [-0.25, -0.2) is 0 Å². The minimum atomic E-state index is -0.543. The van der Waals surface area contributed by atoms with Crippen molar-refractivity contribution in [3.63, 3.8) is 0 Å². The summed E-state index contributed by atoms with van der Waals surface area (Å²) in [5.41, 5.74) is 0. The zero-order chi connectivity index (χ0) is 12.7. The fourth-order valence-corrected chi connectivity index (χ4v) is 1.32. The molecule has 0 heterocycles. The van der Waals surface area contributed by atoms with Crippen LogP contribution in [-0.4, -0.2) is 35.6 Å². The largest absolute Gasteiger partial charge is 0.394 e. The van der Waals surface area contributed by atoms with Crippen LogP contribution in [0.25, 0.3) is 0 Å². The standard InChI is InChI=1S/C11H22N2O3/c1-5-9(6-14)13-11(16)10(7(2)3)12-8(4)15/h7,9-10,14H,5-6H2,1-4H3,(H,12,15)(H,13,16). The Kier molecular flexibility index (Phi) is 6.72. The molecule has 0 radical (unpaired) electrons. The van der Waals surface area contributed by atoms with Gasteiger partial charge in [0.1, 0.15) is 6.04 Å². The van der Waals surface area contributed by atoms with Crippen LogP contribution in [0.1, 0.15) is 34.1 Å². The van der Waals surface area contributed by atoms with E-state index in [2.05, 4.69) is 10.6 Å². The first-order valence-electron chi connectivity index (χ1n) is 5.60. The SMILES string of the molecule is CCC(CO)NC(=O)C(NC(C)=O)C(C)C. The molecule has 0 aromatic heterocycles. The number of carbonyl (C=O) groups is 2. The summed E-state index contributed by atoms with van der Waals surface area (Å²) in [4.78, 5) is 22.8. The molecular weight excluding hydrogens is 208 g/mol. The molecule has 0 aromatic carbocycles. The van der Waals surface area contributed by atoms with E-state index in [4.69, 9.17) is 5.11 Å². The van der Waals surface area contributed by atoms with Crippen molar-refractivity contribution in [2.24, 2.45) is 5.92 Å². The molecule has 94 valence electrons. The Hall–Kier alpha value is -1.10. The van der Waals surface area contributed by atoms with Crippen molar-refractivity contribution in [1.29, 1.82) is 0 Å². The minimum Gasteiger partial charge on any atom is -0.394 e. The molecule has 0 aromatic rings. The van der Waals surface area contributed by atoms with Gasteiger partial charge in [0.2, 0.25) is 11.8 Å². The van der Waals surface area contributed by atoms with Gasteiger partial charge in [-0.2, -0.15) is 0 Å². The number of hydrogen-bond donors (Lipinski definition) is 3. The molecule has 2 unspecified atom stereocenters. The Bertz CT molecular complexity index is 237. The first-order chi connectivity index (χ1) is 7.42. The van der Waals surface area contributed by atoms with E-state index in [9.17, 15) is 9.59 Å². The van der Waals surface area contributed by atoms with Gasteiger partial charge in [-0.1, -0.05) is 20.8 Å². The minimum absolute atomic E-state index is 0.0140. The van der Waals surface area contributed by atoms with Crippen LogP contribution in [0.3, 0.4) is 0 Å². The Labute approximate surface area is 96.6 Å². The van der Waals surface area contributed by atoms with E-state index in [-0.39, 0.29) is 30.4 Å². The highest BCUT2D eigenvalue weighted by Crippen LogP contribution is 2.03. The summed E-state index contributed by atoms with van der Waals surface area (Å²) in [5, 5.41) is 14.3. The number of aliphatic hydroxyl groups excluding tert-OH is 1. The van der Waals surface area contributed by atoms with Crippen LogP contribution in [0.15, 0.2) is 0 Å². The predicted molar refractivity (Wildman–Crippen MR) is 61.8 cm³/mol. The maximum absolute atomic E-state index is 11.8. The van der Waals surface area contributed by atoms with Crippen LogP contribution in [0.4, 0.5) is 0 Å². The number of rotatable bonds is 6. The first-order valence-corrected chi connectivity index (χ1v) is 5.60. The second kappa shape index (κ2) is 7.22. The monoisotopic (exact) mass is 230 g/mol. The number of hydrogen-bond acceptors (Lipinski definition) is 3. The molecule has 3 N–H and O–H groups in total. The van der Waals surface area contributed by atoms with Crippen LogP contribution >= 0.6 is 0 Å². The van der Waals surface area contributed by atoms with Gasteiger partial charge < -0.3 is 15.7 Å². The first kappa shape index (κ1) is 14.9. The highest BCUT2D eigenvalue weighted by atomic mass is 16.3. The fourth-order valence-electron chi connectivity index (χ4n) is 1.32. The molecular formula is C11H22N2O3. The van der Waals surface area contributed by atoms with Gasteiger partial charge >= 0.3 is 0 Å². The lowest BCUT2D eigenvalue weighted by Gasteiger charge is -2.23. The third-order valence-electron chi connectivity index (χ3n) is 2.37. The summed E-state index contributed by atoms with van der Waals surface area (Å²) in [7, 11) is 0. The van der Waals surface area contributed by atoms with Crippen molar-refractivity contribution >= 4 is 11.8 Å². The van der Waals surface area contributed by atoms with Crippen molar-refractivity contribution in [2.75, 3.05) is 6.61 Å². The maximum atomic E-state index is 11.8. The van der Waals surface area contributed by atoms with Gasteiger partial charge in [-0.3, -0.25) is 9.59 Å². The van der Waals surface area contributed by atoms with E-state index in [1.165, 1.54) is 6.92 Å². The second-order valence-corrected chi connectivity index (χ2v) is 4.22. The normalized spacial score (nSPS) is 14.4. The third kappa shape index (κ3) is 5.11. The number of aliphatic hydroxyl groups is 1. The average Bonchev–Trinajstić information content (AvgIpc) is 2.21. The molecule has 0 bridgehead atoms. The Morgan fingerprint density at radius 3 is 2.12 bits per heavy atom. The van der Waals surface area contributed by atoms with E-state index in [0.717, 1.165) is 0 Å².